The number of methoxy groups -OCH3 is 1. The monoisotopic (exact) mass is 202 g/mol. The predicted octanol–water partition coefficient (Wildman–Crippen LogP) is 1.26. The summed E-state index contributed by atoms with van der Waals surface area (Å²) in [5.74, 6) is 1.44. The predicted molar refractivity (Wildman–Crippen MR) is 51.7 cm³/mol. The van der Waals surface area contributed by atoms with Crippen molar-refractivity contribution in [1.29, 1.82) is 0 Å². The van der Waals surface area contributed by atoms with E-state index in [0.717, 1.165) is 17.9 Å². The van der Waals surface area contributed by atoms with Crippen LogP contribution in [0, 0.1) is 5.41 Å². The van der Waals surface area contributed by atoms with E-state index < -0.39 is 5.97 Å². The van der Waals surface area contributed by atoms with Gasteiger partial charge in [-0.25, -0.2) is 0 Å². The number of Topliss-reactive ketones (excluding diaryl/α,β-unsaturated/α-hetero) is 1. The number of thioether (sulfide) groups is 1. The maximum absolute atomic E-state index is 11.6. The van der Waals surface area contributed by atoms with E-state index in [0.29, 0.717) is 0 Å². The zero-order chi connectivity index (χ0) is 9.90. The highest BCUT2D eigenvalue weighted by atomic mass is 32.2. The van der Waals surface area contributed by atoms with Gasteiger partial charge in [0, 0.05) is 11.2 Å². The summed E-state index contributed by atoms with van der Waals surface area (Å²) in [4.78, 5) is 22.5. The zero-order valence-electron chi connectivity index (χ0n) is 7.96. The summed E-state index contributed by atoms with van der Waals surface area (Å²) in [6, 6.07) is 0. The molecule has 1 fully saturated rings. The molecule has 1 aliphatic rings. The Balaban J connectivity index is 2.51. The van der Waals surface area contributed by atoms with Crippen LogP contribution >= 0.6 is 11.8 Å². The highest BCUT2D eigenvalue weighted by Gasteiger charge is 2.37. The number of ketones is 1. The van der Waals surface area contributed by atoms with Crippen molar-refractivity contribution in [2.45, 2.75) is 19.8 Å². The molecule has 3 nitrogen and oxygen atoms in total. The van der Waals surface area contributed by atoms with E-state index in [2.05, 4.69) is 4.74 Å². The molecule has 0 aliphatic carbocycles. The number of carbonyl (C=O) groups is 2. The molecular formula is C9H14O3S. The first-order chi connectivity index (χ1) is 6.08. The van der Waals surface area contributed by atoms with Crippen molar-refractivity contribution in [2.24, 2.45) is 5.41 Å². The molecule has 0 N–H and O–H groups in total. The first-order valence-corrected chi connectivity index (χ1v) is 5.42. The van der Waals surface area contributed by atoms with Crippen molar-refractivity contribution in [3.05, 3.63) is 0 Å². The minimum atomic E-state index is -0.428. The van der Waals surface area contributed by atoms with E-state index in [4.69, 9.17) is 0 Å². The lowest BCUT2D eigenvalue weighted by molar-refractivity contribution is -0.145. The molecular weight excluding hydrogens is 188 g/mol. The average Bonchev–Trinajstić information content (AvgIpc) is 2.53. The molecule has 0 saturated carbocycles. The second kappa shape index (κ2) is 4.13. The van der Waals surface area contributed by atoms with Crippen LogP contribution in [0.15, 0.2) is 0 Å². The molecule has 13 heavy (non-hydrogen) atoms. The molecule has 1 atom stereocenters. The van der Waals surface area contributed by atoms with E-state index in [1.807, 2.05) is 6.92 Å². The van der Waals surface area contributed by atoms with Crippen LogP contribution in [0.4, 0.5) is 0 Å². The van der Waals surface area contributed by atoms with E-state index in [-0.39, 0.29) is 17.6 Å². The second-order valence-corrected chi connectivity index (χ2v) is 4.64. The first-order valence-electron chi connectivity index (χ1n) is 4.26. The third-order valence-corrected chi connectivity index (χ3v) is 3.76. The second-order valence-electron chi connectivity index (χ2n) is 3.54. The fourth-order valence-electron chi connectivity index (χ4n) is 1.30. The Morgan fingerprint density at radius 3 is 2.69 bits per heavy atom. The number of carbonyl (C=O) groups excluding carboxylic acids is 2. The van der Waals surface area contributed by atoms with Crippen molar-refractivity contribution in [3.8, 4) is 0 Å². The normalized spacial score (nSPS) is 27.2. The maximum Gasteiger partial charge on any atom is 0.313 e. The smallest absolute Gasteiger partial charge is 0.313 e. The number of ether oxygens (including phenoxy) is 1. The highest BCUT2D eigenvalue weighted by molar-refractivity contribution is 7.99. The van der Waals surface area contributed by atoms with Gasteiger partial charge in [0.2, 0.25) is 0 Å². The van der Waals surface area contributed by atoms with Crippen molar-refractivity contribution in [3.63, 3.8) is 0 Å². The standard InChI is InChI=1S/C9H14O3S/c1-9(3-4-13-6-9)7(10)5-8(11)12-2/h3-6H2,1-2H3. The van der Waals surface area contributed by atoms with Crippen molar-refractivity contribution < 1.29 is 14.3 Å². The van der Waals surface area contributed by atoms with Gasteiger partial charge in [0.25, 0.3) is 0 Å². The summed E-state index contributed by atoms with van der Waals surface area (Å²) in [6.07, 6.45) is 0.807. The molecule has 0 aromatic rings. The maximum atomic E-state index is 11.6. The van der Waals surface area contributed by atoms with Crippen molar-refractivity contribution >= 4 is 23.5 Å². The lowest BCUT2D eigenvalue weighted by atomic mass is 9.84. The molecule has 1 rings (SSSR count). The highest BCUT2D eigenvalue weighted by Crippen LogP contribution is 2.36. The molecule has 1 aliphatic heterocycles. The Morgan fingerprint density at radius 2 is 2.23 bits per heavy atom. The molecule has 4 heteroatoms. The lowest BCUT2D eigenvalue weighted by Gasteiger charge is -2.19. The number of hydrogen-bond acceptors (Lipinski definition) is 4. The quantitative estimate of drug-likeness (QED) is 0.510. The van der Waals surface area contributed by atoms with Gasteiger partial charge in [-0.2, -0.15) is 11.8 Å². The van der Waals surface area contributed by atoms with Crippen LogP contribution in [0.25, 0.3) is 0 Å². The van der Waals surface area contributed by atoms with E-state index in [9.17, 15) is 9.59 Å². The Labute approximate surface area is 82.2 Å². The summed E-state index contributed by atoms with van der Waals surface area (Å²) in [6.45, 7) is 1.93. The van der Waals surface area contributed by atoms with Gasteiger partial charge < -0.3 is 4.74 Å². The molecule has 0 spiro atoms. The number of hydrogen-bond donors (Lipinski definition) is 0. The van der Waals surface area contributed by atoms with Crippen LogP contribution in [0.3, 0.4) is 0 Å². The van der Waals surface area contributed by atoms with E-state index in [1.165, 1.54) is 7.11 Å². The van der Waals surface area contributed by atoms with Crippen LogP contribution < -0.4 is 0 Å². The minimum Gasteiger partial charge on any atom is -0.469 e. The van der Waals surface area contributed by atoms with Gasteiger partial charge in [0.15, 0.2) is 5.78 Å². The van der Waals surface area contributed by atoms with Crippen LogP contribution in [0.2, 0.25) is 0 Å². The van der Waals surface area contributed by atoms with Gasteiger partial charge in [-0.05, 0) is 12.2 Å². The van der Waals surface area contributed by atoms with Gasteiger partial charge >= 0.3 is 5.97 Å². The molecule has 74 valence electrons. The Hall–Kier alpha value is -0.510. The molecule has 1 saturated heterocycles. The molecule has 1 unspecified atom stereocenters. The molecule has 0 amide bonds. The molecule has 0 aromatic heterocycles. The molecule has 0 bridgehead atoms. The fraction of sp³-hybridized carbons (Fsp3) is 0.778. The van der Waals surface area contributed by atoms with Gasteiger partial charge in [-0.3, -0.25) is 9.59 Å². The topological polar surface area (TPSA) is 43.4 Å². The van der Waals surface area contributed by atoms with Crippen molar-refractivity contribution in [2.75, 3.05) is 18.6 Å². The third-order valence-electron chi connectivity index (χ3n) is 2.42. The Bertz CT molecular complexity index is 219. The summed E-state index contributed by atoms with van der Waals surface area (Å²) in [5.41, 5.74) is -0.293. The van der Waals surface area contributed by atoms with Crippen LogP contribution in [0.5, 0.6) is 0 Å². The molecule has 1 heterocycles. The summed E-state index contributed by atoms with van der Waals surface area (Å²) in [5, 5.41) is 0. The average molecular weight is 202 g/mol. The van der Waals surface area contributed by atoms with Crippen molar-refractivity contribution in [1.82, 2.24) is 0 Å². The summed E-state index contributed by atoms with van der Waals surface area (Å²) in [7, 11) is 1.31. The van der Waals surface area contributed by atoms with E-state index in [1.54, 1.807) is 11.8 Å². The number of rotatable bonds is 3. The molecule has 0 aromatic carbocycles. The summed E-state index contributed by atoms with van der Waals surface area (Å²) < 4.78 is 4.46. The lowest BCUT2D eigenvalue weighted by Crippen LogP contribution is -2.29. The number of esters is 1. The minimum absolute atomic E-state index is 0.0179. The first kappa shape index (κ1) is 10.6. The van der Waals surface area contributed by atoms with Gasteiger partial charge in [-0.1, -0.05) is 6.92 Å². The van der Waals surface area contributed by atoms with Gasteiger partial charge in [-0.15, -0.1) is 0 Å². The van der Waals surface area contributed by atoms with Crippen LogP contribution in [-0.2, 0) is 14.3 Å². The third kappa shape index (κ3) is 2.46. The largest absolute Gasteiger partial charge is 0.469 e. The zero-order valence-corrected chi connectivity index (χ0v) is 8.78. The van der Waals surface area contributed by atoms with Gasteiger partial charge in [0.1, 0.15) is 6.42 Å². The SMILES string of the molecule is COC(=O)CC(=O)C1(C)CCSC1. The Kier molecular flexibility index (Phi) is 3.36. The van der Waals surface area contributed by atoms with Gasteiger partial charge in [0.05, 0.1) is 7.11 Å². The molecule has 0 radical (unpaired) electrons. The summed E-state index contributed by atoms with van der Waals surface area (Å²) >= 11 is 1.77. The van der Waals surface area contributed by atoms with Crippen LogP contribution in [-0.4, -0.2) is 30.4 Å². The van der Waals surface area contributed by atoms with E-state index >= 15 is 0 Å². The van der Waals surface area contributed by atoms with Crippen LogP contribution in [0.1, 0.15) is 19.8 Å². The Morgan fingerprint density at radius 1 is 1.54 bits per heavy atom. The fourth-order valence-corrected chi connectivity index (χ4v) is 2.80.